The highest BCUT2D eigenvalue weighted by Gasteiger charge is 2.40. The first-order chi connectivity index (χ1) is 7.69. The molecule has 4 nitrogen and oxygen atoms in total. The van der Waals surface area contributed by atoms with Gasteiger partial charge in [0.15, 0.2) is 14.6 Å². The molecule has 0 radical (unpaired) electrons. The van der Waals surface area contributed by atoms with Crippen LogP contribution in [0.4, 0.5) is 0 Å². The zero-order valence-corrected chi connectivity index (χ0v) is 14.6. The van der Waals surface area contributed by atoms with Gasteiger partial charge >= 0.3 is 0 Å². The fourth-order valence-corrected chi connectivity index (χ4v) is 2.71. The van der Waals surface area contributed by atoms with E-state index < -0.39 is 8.32 Å². The van der Waals surface area contributed by atoms with Crippen molar-refractivity contribution in [1.82, 2.24) is 0 Å². The summed E-state index contributed by atoms with van der Waals surface area (Å²) in [6, 6.07) is 0. The second-order valence-electron chi connectivity index (χ2n) is 5.83. The topological polar surface area (TPSA) is 53.7 Å². The van der Waals surface area contributed by atoms with Gasteiger partial charge in [0.2, 0.25) is 0 Å². The summed E-state index contributed by atoms with van der Waals surface area (Å²) < 4.78 is 16.9. The fourth-order valence-electron chi connectivity index (χ4n) is 1.37. The van der Waals surface area contributed by atoms with Crippen molar-refractivity contribution in [2.24, 2.45) is 5.73 Å². The molecule has 6 heteroatoms. The molecule has 0 aromatic carbocycles. The summed E-state index contributed by atoms with van der Waals surface area (Å²) in [5, 5.41) is 0.173. The number of hydrogen-bond acceptors (Lipinski definition) is 4. The van der Waals surface area contributed by atoms with Gasteiger partial charge in [-0.15, -0.1) is 12.4 Å². The first kappa shape index (κ1) is 20.7. The van der Waals surface area contributed by atoms with E-state index in [-0.39, 0.29) is 29.8 Å². The third kappa shape index (κ3) is 5.99. The number of hydrogen-bond donors (Lipinski definition) is 1. The molecule has 0 saturated carbocycles. The maximum absolute atomic E-state index is 6.30. The molecule has 0 aromatic rings. The minimum atomic E-state index is -1.82. The van der Waals surface area contributed by atoms with Gasteiger partial charge in [-0.05, 0) is 31.1 Å². The predicted octanol–water partition coefficient (Wildman–Crippen LogP) is 2.77. The van der Waals surface area contributed by atoms with E-state index in [2.05, 4.69) is 33.9 Å². The molecule has 0 aliphatic carbocycles. The van der Waals surface area contributed by atoms with Crippen LogP contribution in [0.3, 0.4) is 0 Å². The zero-order chi connectivity index (χ0) is 13.7. The number of ether oxygens (including phenoxy) is 2. The smallest absolute Gasteiger partial charge is 0.192 e. The van der Waals surface area contributed by atoms with Crippen LogP contribution >= 0.6 is 12.4 Å². The van der Waals surface area contributed by atoms with Gasteiger partial charge in [0.05, 0.1) is 6.10 Å². The Morgan fingerprint density at radius 3 is 1.83 bits per heavy atom. The molecule has 2 N–H and O–H groups in total. The lowest BCUT2D eigenvalue weighted by molar-refractivity contribution is -0.160. The van der Waals surface area contributed by atoms with Gasteiger partial charge in [0, 0.05) is 14.2 Å². The van der Waals surface area contributed by atoms with Crippen LogP contribution in [-0.4, -0.2) is 41.5 Å². The van der Waals surface area contributed by atoms with Crippen LogP contribution in [0.5, 0.6) is 0 Å². The van der Waals surface area contributed by atoms with E-state index in [1.807, 2.05) is 0 Å². The van der Waals surface area contributed by atoms with Gasteiger partial charge in [-0.3, -0.25) is 0 Å². The minimum Gasteiger partial charge on any atom is -0.409 e. The maximum Gasteiger partial charge on any atom is 0.192 e. The van der Waals surface area contributed by atoms with Crippen molar-refractivity contribution in [2.45, 2.75) is 57.7 Å². The second kappa shape index (κ2) is 8.50. The van der Waals surface area contributed by atoms with Crippen molar-refractivity contribution in [3.63, 3.8) is 0 Å². The summed E-state index contributed by atoms with van der Waals surface area (Å²) in [5.41, 5.74) is 5.63. The molecule has 18 heavy (non-hydrogen) atoms. The van der Waals surface area contributed by atoms with Crippen LogP contribution < -0.4 is 5.73 Å². The molecular weight excluding hydrogens is 270 g/mol. The monoisotopic (exact) mass is 299 g/mol. The van der Waals surface area contributed by atoms with Gasteiger partial charge in [0.25, 0.3) is 0 Å². The molecule has 112 valence electrons. The summed E-state index contributed by atoms with van der Waals surface area (Å²) in [4.78, 5) is 0. The summed E-state index contributed by atoms with van der Waals surface area (Å²) in [6.45, 7) is 11.7. The van der Waals surface area contributed by atoms with Crippen LogP contribution in [0.15, 0.2) is 0 Å². The van der Waals surface area contributed by atoms with Crippen molar-refractivity contribution in [1.29, 1.82) is 0 Å². The normalized spacial score (nSPS) is 14.5. The Labute approximate surface area is 119 Å². The van der Waals surface area contributed by atoms with E-state index in [0.29, 0.717) is 6.54 Å². The zero-order valence-electron chi connectivity index (χ0n) is 12.8. The first-order valence-corrected chi connectivity index (χ1v) is 9.04. The van der Waals surface area contributed by atoms with Gasteiger partial charge in [-0.1, -0.05) is 20.8 Å². The Balaban J connectivity index is 0. The number of halogens is 1. The third-order valence-corrected chi connectivity index (χ3v) is 7.98. The Bertz CT molecular complexity index is 218. The van der Waals surface area contributed by atoms with E-state index in [4.69, 9.17) is 19.6 Å². The molecule has 0 spiro atoms. The lowest BCUT2D eigenvalue weighted by atomic mass is 10.2. The van der Waals surface area contributed by atoms with Crippen LogP contribution in [0.25, 0.3) is 0 Å². The van der Waals surface area contributed by atoms with Gasteiger partial charge in [-0.2, -0.15) is 0 Å². The average molecular weight is 300 g/mol. The van der Waals surface area contributed by atoms with E-state index >= 15 is 0 Å². The van der Waals surface area contributed by atoms with Crippen molar-refractivity contribution in [3.8, 4) is 0 Å². The predicted molar refractivity (Wildman–Crippen MR) is 80.8 cm³/mol. The highest BCUT2D eigenvalue weighted by atomic mass is 35.5. The Morgan fingerprint density at radius 2 is 1.56 bits per heavy atom. The van der Waals surface area contributed by atoms with E-state index in [9.17, 15) is 0 Å². The highest BCUT2D eigenvalue weighted by molar-refractivity contribution is 6.74. The molecule has 0 amide bonds. The molecule has 0 rings (SSSR count). The molecule has 0 heterocycles. The van der Waals surface area contributed by atoms with Crippen LogP contribution in [0.2, 0.25) is 18.1 Å². The molecule has 0 bridgehead atoms. The van der Waals surface area contributed by atoms with Crippen LogP contribution in [0.1, 0.15) is 27.2 Å². The molecule has 1 unspecified atom stereocenters. The number of nitrogens with two attached hydrogens (primary N) is 1. The molecule has 0 aromatic heterocycles. The number of rotatable bonds is 7. The lowest BCUT2D eigenvalue weighted by Gasteiger charge is -2.40. The lowest BCUT2D eigenvalue weighted by Crippen LogP contribution is -2.48. The minimum absolute atomic E-state index is 0. The fraction of sp³-hybridized carbons (Fsp3) is 1.00. The molecule has 0 aliphatic heterocycles. The standard InChI is InChI=1S/C12H29NO3Si.ClH/c1-12(2,3)17(6,7)16-10(8-9-13)11(14-4)15-5;/h10-11H,8-9,13H2,1-7H3;1H. The van der Waals surface area contributed by atoms with Crippen LogP contribution in [0, 0.1) is 0 Å². The Morgan fingerprint density at radius 1 is 1.11 bits per heavy atom. The summed E-state index contributed by atoms with van der Waals surface area (Å²) in [6.07, 6.45) is 0.322. The molecule has 0 saturated heterocycles. The van der Waals surface area contributed by atoms with E-state index in [1.54, 1.807) is 14.2 Å². The quantitative estimate of drug-likeness (QED) is 0.580. The molecule has 0 aliphatic rings. The van der Waals surface area contributed by atoms with Gasteiger partial charge in [-0.25, -0.2) is 0 Å². The van der Waals surface area contributed by atoms with Crippen LogP contribution in [-0.2, 0) is 13.9 Å². The molecule has 1 atom stereocenters. The second-order valence-corrected chi connectivity index (χ2v) is 10.6. The Kier molecular flexibility index (Phi) is 9.76. The molecular formula is C12H30ClNO3Si. The first-order valence-electron chi connectivity index (χ1n) is 6.13. The molecule has 0 fully saturated rings. The Hall–Kier alpha value is 0.347. The maximum atomic E-state index is 6.30. The number of methoxy groups -OCH3 is 2. The van der Waals surface area contributed by atoms with E-state index in [1.165, 1.54) is 0 Å². The van der Waals surface area contributed by atoms with Crippen molar-refractivity contribution < 1.29 is 13.9 Å². The average Bonchev–Trinajstić information content (AvgIpc) is 2.17. The summed E-state index contributed by atoms with van der Waals surface area (Å²) in [5.74, 6) is 0. The highest BCUT2D eigenvalue weighted by Crippen LogP contribution is 2.38. The van der Waals surface area contributed by atoms with Crippen molar-refractivity contribution in [3.05, 3.63) is 0 Å². The van der Waals surface area contributed by atoms with Crippen molar-refractivity contribution in [2.75, 3.05) is 20.8 Å². The summed E-state index contributed by atoms with van der Waals surface area (Å²) >= 11 is 0. The third-order valence-electron chi connectivity index (χ3n) is 3.47. The summed E-state index contributed by atoms with van der Waals surface area (Å²) in [7, 11) is 1.45. The van der Waals surface area contributed by atoms with Gasteiger partial charge in [0.1, 0.15) is 0 Å². The largest absolute Gasteiger partial charge is 0.409 e. The van der Waals surface area contributed by atoms with Crippen molar-refractivity contribution >= 4 is 20.7 Å². The van der Waals surface area contributed by atoms with E-state index in [0.717, 1.165) is 6.42 Å². The SMILES string of the molecule is COC(OC)C(CCN)O[Si](C)(C)C(C)(C)C.Cl. The van der Waals surface area contributed by atoms with Gasteiger partial charge < -0.3 is 19.6 Å².